The molecule has 1 N–H and O–H groups in total. The third kappa shape index (κ3) is 1.41. The van der Waals surface area contributed by atoms with Gasteiger partial charge in [-0.3, -0.25) is 0 Å². The highest BCUT2D eigenvalue weighted by molar-refractivity contribution is 8.00. The minimum absolute atomic E-state index is 0.374. The molecule has 0 amide bonds. The van der Waals surface area contributed by atoms with Gasteiger partial charge in [0.2, 0.25) is 0 Å². The molecular weight excluding hydrogens is 132 g/mol. The lowest BCUT2D eigenvalue weighted by Crippen LogP contribution is -2.16. The summed E-state index contributed by atoms with van der Waals surface area (Å²) in [4.78, 5) is 0. The molecule has 1 rings (SSSR count). The van der Waals surface area contributed by atoms with Gasteiger partial charge in [0.05, 0.1) is 0 Å². The smallest absolute Gasteiger partial charge is 0.0470 e. The molecule has 9 heavy (non-hydrogen) atoms. The lowest BCUT2D eigenvalue weighted by atomic mass is 9.95. The predicted molar refractivity (Wildman–Crippen MR) is 41.7 cm³/mol. The Morgan fingerprint density at radius 3 is 2.44 bits per heavy atom. The number of rotatable bonds is 1. The molecule has 0 saturated carbocycles. The number of thioether (sulfide) groups is 1. The Morgan fingerprint density at radius 2 is 2.22 bits per heavy atom. The van der Waals surface area contributed by atoms with Crippen LogP contribution in [0.1, 0.15) is 13.8 Å². The molecule has 1 saturated heterocycles. The van der Waals surface area contributed by atoms with Crippen molar-refractivity contribution < 1.29 is 5.11 Å². The van der Waals surface area contributed by atoms with Gasteiger partial charge in [0.1, 0.15) is 0 Å². The van der Waals surface area contributed by atoms with Crippen molar-refractivity contribution in [1.82, 2.24) is 0 Å². The Morgan fingerprint density at radius 1 is 1.56 bits per heavy atom. The average Bonchev–Trinajstić information content (AvgIpc) is 2.15. The van der Waals surface area contributed by atoms with Crippen LogP contribution in [0.2, 0.25) is 0 Å². The molecule has 0 aromatic carbocycles. The van der Waals surface area contributed by atoms with Crippen molar-refractivity contribution in [3.05, 3.63) is 0 Å². The van der Waals surface area contributed by atoms with Gasteiger partial charge in [0.15, 0.2) is 0 Å². The monoisotopic (exact) mass is 146 g/mol. The third-order valence-corrected chi connectivity index (χ3v) is 3.87. The van der Waals surface area contributed by atoms with Gasteiger partial charge in [0, 0.05) is 11.9 Å². The van der Waals surface area contributed by atoms with E-state index in [-0.39, 0.29) is 0 Å². The molecule has 1 aliphatic rings. The second kappa shape index (κ2) is 2.93. The Labute approximate surface area is 60.8 Å². The summed E-state index contributed by atoms with van der Waals surface area (Å²) < 4.78 is 0. The Balaban J connectivity index is 2.41. The highest BCUT2D eigenvalue weighted by Crippen LogP contribution is 2.35. The van der Waals surface area contributed by atoms with E-state index >= 15 is 0 Å². The van der Waals surface area contributed by atoms with E-state index in [1.54, 1.807) is 0 Å². The molecule has 54 valence electrons. The first-order chi connectivity index (χ1) is 4.25. The standard InChI is InChI=1S/C7H14OS/c1-5-6(2)9-4-7(5)3-8/h5-8H,3-4H2,1-2H3. The first-order valence-electron chi connectivity index (χ1n) is 3.48. The molecule has 1 nitrogen and oxygen atoms in total. The van der Waals surface area contributed by atoms with Crippen molar-refractivity contribution >= 4 is 11.8 Å². The zero-order chi connectivity index (χ0) is 6.85. The largest absolute Gasteiger partial charge is 0.396 e. The summed E-state index contributed by atoms with van der Waals surface area (Å²) in [5.41, 5.74) is 0. The van der Waals surface area contributed by atoms with E-state index in [1.165, 1.54) is 0 Å². The number of hydrogen-bond donors (Lipinski definition) is 1. The van der Waals surface area contributed by atoms with Gasteiger partial charge in [-0.25, -0.2) is 0 Å². The van der Waals surface area contributed by atoms with Crippen molar-refractivity contribution in [3.63, 3.8) is 0 Å². The van der Waals surface area contributed by atoms with Crippen LogP contribution in [-0.4, -0.2) is 22.7 Å². The predicted octanol–water partition coefficient (Wildman–Crippen LogP) is 1.37. The van der Waals surface area contributed by atoms with Gasteiger partial charge >= 0.3 is 0 Å². The minimum atomic E-state index is 0.374. The van der Waals surface area contributed by atoms with Crippen LogP contribution in [0, 0.1) is 11.8 Å². The van der Waals surface area contributed by atoms with Gasteiger partial charge < -0.3 is 5.11 Å². The molecular formula is C7H14OS. The summed E-state index contributed by atoms with van der Waals surface area (Å²) in [6.07, 6.45) is 0. The zero-order valence-electron chi connectivity index (χ0n) is 6.00. The maximum absolute atomic E-state index is 8.84. The Kier molecular flexibility index (Phi) is 2.42. The molecule has 1 fully saturated rings. The normalized spacial score (nSPS) is 43.7. The quantitative estimate of drug-likeness (QED) is 0.603. The van der Waals surface area contributed by atoms with E-state index in [0.717, 1.165) is 11.0 Å². The van der Waals surface area contributed by atoms with E-state index in [0.29, 0.717) is 18.4 Å². The summed E-state index contributed by atoms with van der Waals surface area (Å²) in [5, 5.41) is 9.59. The van der Waals surface area contributed by atoms with Crippen molar-refractivity contribution in [2.45, 2.75) is 19.1 Å². The first-order valence-corrected chi connectivity index (χ1v) is 4.53. The van der Waals surface area contributed by atoms with Crippen LogP contribution in [0.4, 0.5) is 0 Å². The molecule has 1 heterocycles. The van der Waals surface area contributed by atoms with Crippen molar-refractivity contribution in [3.8, 4) is 0 Å². The number of aliphatic hydroxyl groups excluding tert-OH is 1. The van der Waals surface area contributed by atoms with E-state index in [4.69, 9.17) is 5.11 Å². The van der Waals surface area contributed by atoms with Crippen LogP contribution in [0.3, 0.4) is 0 Å². The topological polar surface area (TPSA) is 20.2 Å². The second-order valence-corrected chi connectivity index (χ2v) is 4.25. The van der Waals surface area contributed by atoms with Crippen LogP contribution in [-0.2, 0) is 0 Å². The SMILES string of the molecule is CC1SCC(CO)C1C. The number of aliphatic hydroxyl groups is 1. The summed E-state index contributed by atoms with van der Waals surface area (Å²) in [7, 11) is 0. The van der Waals surface area contributed by atoms with E-state index < -0.39 is 0 Å². The van der Waals surface area contributed by atoms with E-state index in [1.807, 2.05) is 11.8 Å². The summed E-state index contributed by atoms with van der Waals surface area (Å²) in [6, 6.07) is 0. The van der Waals surface area contributed by atoms with Gasteiger partial charge in [-0.2, -0.15) is 11.8 Å². The number of hydrogen-bond acceptors (Lipinski definition) is 2. The van der Waals surface area contributed by atoms with Crippen LogP contribution in [0.15, 0.2) is 0 Å². The molecule has 1 aliphatic heterocycles. The third-order valence-electron chi connectivity index (χ3n) is 2.29. The maximum Gasteiger partial charge on any atom is 0.0470 e. The van der Waals surface area contributed by atoms with Gasteiger partial charge in [-0.15, -0.1) is 0 Å². The van der Waals surface area contributed by atoms with Crippen LogP contribution in [0.5, 0.6) is 0 Å². The fourth-order valence-electron chi connectivity index (χ4n) is 1.18. The Bertz CT molecular complexity index is 94.9. The van der Waals surface area contributed by atoms with Gasteiger partial charge in [-0.1, -0.05) is 13.8 Å². The van der Waals surface area contributed by atoms with Gasteiger partial charge in [-0.05, 0) is 17.6 Å². The molecule has 0 aromatic heterocycles. The molecule has 0 aliphatic carbocycles. The summed E-state index contributed by atoms with van der Waals surface area (Å²) in [5.74, 6) is 2.42. The molecule has 3 unspecified atom stereocenters. The molecule has 2 heteroatoms. The zero-order valence-corrected chi connectivity index (χ0v) is 6.82. The van der Waals surface area contributed by atoms with E-state index in [9.17, 15) is 0 Å². The molecule has 0 radical (unpaired) electrons. The highest BCUT2D eigenvalue weighted by atomic mass is 32.2. The van der Waals surface area contributed by atoms with Crippen molar-refractivity contribution in [1.29, 1.82) is 0 Å². The van der Waals surface area contributed by atoms with E-state index in [2.05, 4.69) is 13.8 Å². The Hall–Kier alpha value is 0.310. The lowest BCUT2D eigenvalue weighted by molar-refractivity contribution is 0.206. The van der Waals surface area contributed by atoms with Crippen LogP contribution in [0.25, 0.3) is 0 Å². The maximum atomic E-state index is 8.84. The van der Waals surface area contributed by atoms with Crippen molar-refractivity contribution in [2.75, 3.05) is 12.4 Å². The van der Waals surface area contributed by atoms with Crippen LogP contribution >= 0.6 is 11.8 Å². The fourth-order valence-corrected chi connectivity index (χ4v) is 2.67. The summed E-state index contributed by atoms with van der Waals surface area (Å²) in [6.45, 7) is 4.84. The molecule has 0 bridgehead atoms. The van der Waals surface area contributed by atoms with Crippen molar-refractivity contribution in [2.24, 2.45) is 11.8 Å². The molecule has 0 spiro atoms. The minimum Gasteiger partial charge on any atom is -0.396 e. The summed E-state index contributed by atoms with van der Waals surface area (Å²) >= 11 is 1.98. The van der Waals surface area contributed by atoms with Crippen LogP contribution < -0.4 is 0 Å². The second-order valence-electron chi connectivity index (χ2n) is 2.84. The van der Waals surface area contributed by atoms with Gasteiger partial charge in [0.25, 0.3) is 0 Å². The first kappa shape index (κ1) is 7.42. The molecule has 0 aromatic rings. The average molecular weight is 146 g/mol. The highest BCUT2D eigenvalue weighted by Gasteiger charge is 2.29. The molecule has 3 atom stereocenters. The lowest BCUT2D eigenvalue weighted by Gasteiger charge is -2.13. The fraction of sp³-hybridized carbons (Fsp3) is 1.00.